The molecule has 1 N–H and O–H groups in total. The van der Waals surface area contributed by atoms with Gasteiger partial charge in [-0.15, -0.1) is 0 Å². The van der Waals surface area contributed by atoms with Crippen molar-refractivity contribution in [1.82, 2.24) is 10.2 Å². The van der Waals surface area contributed by atoms with Crippen LogP contribution in [-0.4, -0.2) is 43.8 Å². The highest BCUT2D eigenvalue weighted by atomic mass is 35.5. The quantitative estimate of drug-likeness (QED) is 0.185. The summed E-state index contributed by atoms with van der Waals surface area (Å²) in [6.07, 6.45) is 0.975. The van der Waals surface area contributed by atoms with E-state index in [0.717, 1.165) is 27.4 Å². The molecular formula is C35H38ClN3O4S. The van der Waals surface area contributed by atoms with E-state index in [0.29, 0.717) is 5.02 Å². The lowest BCUT2D eigenvalue weighted by atomic mass is 10.0. The highest BCUT2D eigenvalue weighted by Crippen LogP contribution is 2.26. The molecule has 0 aliphatic heterocycles. The van der Waals surface area contributed by atoms with Crippen LogP contribution in [0.15, 0.2) is 114 Å². The second-order valence-electron chi connectivity index (χ2n) is 10.8. The van der Waals surface area contributed by atoms with Crippen LogP contribution in [0.25, 0.3) is 0 Å². The van der Waals surface area contributed by atoms with Crippen molar-refractivity contribution in [2.75, 3.05) is 10.8 Å². The molecule has 2 atom stereocenters. The summed E-state index contributed by atoms with van der Waals surface area (Å²) in [4.78, 5) is 29.9. The lowest BCUT2D eigenvalue weighted by Gasteiger charge is -2.34. The molecule has 0 fully saturated rings. The van der Waals surface area contributed by atoms with Gasteiger partial charge in [-0.05, 0) is 67.8 Å². The van der Waals surface area contributed by atoms with Gasteiger partial charge in [0.25, 0.3) is 10.0 Å². The van der Waals surface area contributed by atoms with Crippen molar-refractivity contribution >= 4 is 39.1 Å². The van der Waals surface area contributed by atoms with Crippen molar-refractivity contribution in [2.24, 2.45) is 0 Å². The summed E-state index contributed by atoms with van der Waals surface area (Å²) in [5, 5.41) is 3.48. The Morgan fingerprint density at radius 3 is 2.07 bits per heavy atom. The van der Waals surface area contributed by atoms with Gasteiger partial charge in [-0.3, -0.25) is 13.9 Å². The molecule has 4 rings (SSSR count). The zero-order valence-electron chi connectivity index (χ0n) is 25.2. The standard InChI is InChI=1S/C35H38ClN3O4S/c1-4-27(3)37-35(41)33(23-28-13-7-5-8-14-28)38(24-29-15-11-12-26(2)22-29)34(40)25-39(31-20-18-30(36)19-21-31)44(42,43)32-16-9-6-10-17-32/h5-22,27,33H,4,23-25H2,1-3H3,(H,37,41)/t27-,33+/m0/s1. The zero-order valence-corrected chi connectivity index (χ0v) is 26.8. The number of carbonyl (C=O) groups is 2. The number of aryl methyl sites for hydroxylation is 1. The summed E-state index contributed by atoms with van der Waals surface area (Å²) < 4.78 is 29.1. The minimum atomic E-state index is -4.16. The maximum Gasteiger partial charge on any atom is 0.264 e. The van der Waals surface area contributed by atoms with E-state index in [1.807, 2.05) is 75.4 Å². The van der Waals surface area contributed by atoms with Gasteiger partial charge in [-0.1, -0.05) is 96.9 Å². The van der Waals surface area contributed by atoms with Gasteiger partial charge in [-0.25, -0.2) is 8.42 Å². The fraction of sp³-hybridized carbons (Fsp3) is 0.257. The number of hydrogen-bond donors (Lipinski definition) is 1. The Kier molecular flexibility index (Phi) is 11.2. The predicted molar refractivity (Wildman–Crippen MR) is 176 cm³/mol. The van der Waals surface area contributed by atoms with E-state index >= 15 is 0 Å². The highest BCUT2D eigenvalue weighted by molar-refractivity contribution is 7.92. The molecule has 230 valence electrons. The molecule has 0 spiro atoms. The molecule has 0 radical (unpaired) electrons. The van der Waals surface area contributed by atoms with Crippen LogP contribution < -0.4 is 9.62 Å². The Morgan fingerprint density at radius 1 is 0.841 bits per heavy atom. The molecule has 7 nitrogen and oxygen atoms in total. The molecule has 0 aliphatic carbocycles. The molecule has 4 aromatic carbocycles. The third kappa shape index (κ3) is 8.49. The molecule has 0 aliphatic rings. The van der Waals surface area contributed by atoms with Gasteiger partial charge in [0.05, 0.1) is 10.6 Å². The fourth-order valence-electron chi connectivity index (χ4n) is 4.86. The van der Waals surface area contributed by atoms with Gasteiger partial charge >= 0.3 is 0 Å². The first kappa shape index (κ1) is 32.8. The largest absolute Gasteiger partial charge is 0.352 e. The predicted octanol–water partition coefficient (Wildman–Crippen LogP) is 6.40. The van der Waals surface area contributed by atoms with Crippen LogP contribution in [-0.2, 0) is 32.6 Å². The number of sulfonamides is 1. The molecule has 0 bridgehead atoms. The van der Waals surface area contributed by atoms with E-state index < -0.39 is 28.5 Å². The summed E-state index contributed by atoms with van der Waals surface area (Å²) in [5.41, 5.74) is 3.00. The molecule has 44 heavy (non-hydrogen) atoms. The number of halogens is 1. The Hall–Kier alpha value is -4.14. The number of carbonyl (C=O) groups excluding carboxylic acids is 2. The lowest BCUT2D eigenvalue weighted by Crippen LogP contribution is -2.54. The van der Waals surface area contributed by atoms with Crippen LogP contribution in [0.1, 0.15) is 37.0 Å². The monoisotopic (exact) mass is 631 g/mol. The molecule has 9 heteroatoms. The van der Waals surface area contributed by atoms with Crippen molar-refractivity contribution in [3.8, 4) is 0 Å². The molecule has 0 aromatic heterocycles. The first-order chi connectivity index (χ1) is 21.1. The van der Waals surface area contributed by atoms with Crippen molar-refractivity contribution in [2.45, 2.75) is 57.1 Å². The number of benzene rings is 4. The van der Waals surface area contributed by atoms with Crippen LogP contribution in [0.3, 0.4) is 0 Å². The van der Waals surface area contributed by atoms with Crippen molar-refractivity contribution in [3.05, 3.63) is 131 Å². The van der Waals surface area contributed by atoms with Crippen molar-refractivity contribution in [3.63, 3.8) is 0 Å². The van der Waals surface area contributed by atoms with E-state index in [2.05, 4.69) is 5.32 Å². The van der Waals surface area contributed by atoms with E-state index in [1.54, 1.807) is 42.5 Å². The Morgan fingerprint density at radius 2 is 1.45 bits per heavy atom. The molecular weight excluding hydrogens is 594 g/mol. The summed E-state index contributed by atoms with van der Waals surface area (Å²) in [7, 11) is -4.16. The molecule has 0 heterocycles. The molecule has 4 aromatic rings. The van der Waals surface area contributed by atoms with E-state index in [9.17, 15) is 18.0 Å². The minimum Gasteiger partial charge on any atom is -0.352 e. The Labute approximate surface area is 265 Å². The maximum absolute atomic E-state index is 14.5. The second kappa shape index (κ2) is 15.0. The summed E-state index contributed by atoms with van der Waals surface area (Å²) in [6, 6.07) is 30.5. The van der Waals surface area contributed by atoms with Crippen LogP contribution in [0, 0.1) is 6.92 Å². The van der Waals surface area contributed by atoms with Crippen LogP contribution >= 0.6 is 11.6 Å². The maximum atomic E-state index is 14.5. The fourth-order valence-corrected chi connectivity index (χ4v) is 6.42. The van der Waals surface area contributed by atoms with E-state index in [4.69, 9.17) is 11.6 Å². The number of anilines is 1. The highest BCUT2D eigenvalue weighted by Gasteiger charge is 2.35. The molecule has 0 saturated carbocycles. The van der Waals surface area contributed by atoms with Gasteiger partial charge in [0.1, 0.15) is 12.6 Å². The molecule has 2 amide bonds. The first-order valence-corrected chi connectivity index (χ1v) is 16.4. The smallest absolute Gasteiger partial charge is 0.264 e. The summed E-state index contributed by atoms with van der Waals surface area (Å²) >= 11 is 6.13. The lowest BCUT2D eigenvalue weighted by molar-refractivity contribution is -0.140. The number of nitrogens with zero attached hydrogens (tertiary/aromatic N) is 2. The molecule has 0 unspecified atom stereocenters. The topological polar surface area (TPSA) is 86.8 Å². The Balaban J connectivity index is 1.80. The average Bonchev–Trinajstić information content (AvgIpc) is 3.02. The summed E-state index contributed by atoms with van der Waals surface area (Å²) in [5.74, 6) is -0.811. The Bertz CT molecular complexity index is 1650. The van der Waals surface area contributed by atoms with Crippen LogP contribution in [0.5, 0.6) is 0 Å². The first-order valence-electron chi connectivity index (χ1n) is 14.6. The number of amides is 2. The number of rotatable bonds is 13. The third-order valence-electron chi connectivity index (χ3n) is 7.43. The van der Waals surface area contributed by atoms with Crippen molar-refractivity contribution < 1.29 is 18.0 Å². The van der Waals surface area contributed by atoms with Gasteiger partial charge in [-0.2, -0.15) is 0 Å². The third-order valence-corrected chi connectivity index (χ3v) is 9.47. The van der Waals surface area contributed by atoms with E-state index in [-0.39, 0.29) is 35.5 Å². The minimum absolute atomic E-state index is 0.0448. The number of hydrogen-bond acceptors (Lipinski definition) is 4. The normalized spacial score (nSPS) is 12.6. The van der Waals surface area contributed by atoms with Gasteiger partial charge in [0, 0.05) is 24.0 Å². The average molecular weight is 632 g/mol. The summed E-state index contributed by atoms with van der Waals surface area (Å²) in [6.45, 7) is 5.45. The second-order valence-corrected chi connectivity index (χ2v) is 13.1. The SMILES string of the molecule is CC[C@H](C)NC(=O)[C@@H](Cc1ccccc1)N(Cc1cccc(C)c1)C(=O)CN(c1ccc(Cl)cc1)S(=O)(=O)c1ccccc1. The van der Waals surface area contributed by atoms with Crippen LogP contribution in [0.4, 0.5) is 5.69 Å². The van der Waals surface area contributed by atoms with Gasteiger partial charge in [0.15, 0.2) is 0 Å². The van der Waals surface area contributed by atoms with Gasteiger partial charge in [0.2, 0.25) is 11.8 Å². The number of nitrogens with one attached hydrogen (secondary N) is 1. The zero-order chi connectivity index (χ0) is 31.7. The van der Waals surface area contributed by atoms with Gasteiger partial charge < -0.3 is 10.2 Å². The molecule has 0 saturated heterocycles. The van der Waals surface area contributed by atoms with Crippen molar-refractivity contribution in [1.29, 1.82) is 0 Å². The van der Waals surface area contributed by atoms with Crippen LogP contribution in [0.2, 0.25) is 5.02 Å². The van der Waals surface area contributed by atoms with E-state index in [1.165, 1.54) is 17.0 Å².